The van der Waals surface area contributed by atoms with Crippen LogP contribution in [0.15, 0.2) is 0 Å². The molecule has 1 aliphatic carbocycles. The van der Waals surface area contributed by atoms with Crippen LogP contribution in [0.3, 0.4) is 0 Å². The zero-order valence-corrected chi connectivity index (χ0v) is 12.9. The standard InChI is InChI=1S/C15H31N3O/c1-15(17-2,14(16)19)11-7-8-12-18(3)13-9-5-4-6-10-13/h13,17H,4-12H2,1-3H3,(H2,16,19). The van der Waals surface area contributed by atoms with Crippen molar-refractivity contribution in [2.75, 3.05) is 20.6 Å². The van der Waals surface area contributed by atoms with Crippen LogP contribution in [0.4, 0.5) is 0 Å². The summed E-state index contributed by atoms with van der Waals surface area (Å²) in [5.74, 6) is -0.254. The van der Waals surface area contributed by atoms with Crippen molar-refractivity contribution in [3.8, 4) is 0 Å². The number of likely N-dealkylation sites (N-methyl/N-ethyl adjacent to an activating group) is 1. The van der Waals surface area contributed by atoms with Crippen LogP contribution in [0.2, 0.25) is 0 Å². The van der Waals surface area contributed by atoms with Crippen molar-refractivity contribution >= 4 is 5.91 Å². The first kappa shape index (κ1) is 16.4. The average molecular weight is 269 g/mol. The minimum Gasteiger partial charge on any atom is -0.368 e. The third-order valence-electron chi connectivity index (χ3n) is 4.73. The first-order chi connectivity index (χ1) is 8.99. The molecule has 0 aliphatic heterocycles. The number of rotatable bonds is 8. The van der Waals surface area contributed by atoms with E-state index in [1.807, 2.05) is 6.92 Å². The summed E-state index contributed by atoms with van der Waals surface area (Å²) >= 11 is 0. The number of nitrogens with one attached hydrogen (secondary N) is 1. The van der Waals surface area contributed by atoms with Crippen LogP contribution >= 0.6 is 0 Å². The maximum Gasteiger partial charge on any atom is 0.237 e. The summed E-state index contributed by atoms with van der Waals surface area (Å²) in [7, 11) is 4.04. The van der Waals surface area contributed by atoms with Crippen molar-refractivity contribution in [2.24, 2.45) is 5.73 Å². The zero-order chi connectivity index (χ0) is 14.3. The Hall–Kier alpha value is -0.610. The van der Waals surface area contributed by atoms with Gasteiger partial charge in [-0.1, -0.05) is 19.3 Å². The molecule has 0 radical (unpaired) electrons. The van der Waals surface area contributed by atoms with Gasteiger partial charge in [-0.25, -0.2) is 0 Å². The number of nitrogens with zero attached hydrogens (tertiary/aromatic N) is 1. The van der Waals surface area contributed by atoms with Crippen LogP contribution in [0.25, 0.3) is 0 Å². The molecule has 0 saturated heterocycles. The zero-order valence-electron chi connectivity index (χ0n) is 12.9. The molecular formula is C15H31N3O. The van der Waals surface area contributed by atoms with E-state index in [0.717, 1.165) is 31.8 Å². The van der Waals surface area contributed by atoms with Crippen LogP contribution in [0.1, 0.15) is 58.3 Å². The largest absolute Gasteiger partial charge is 0.368 e. The van der Waals surface area contributed by atoms with Crippen LogP contribution in [0.5, 0.6) is 0 Å². The molecule has 1 saturated carbocycles. The Morgan fingerprint density at radius 3 is 2.47 bits per heavy atom. The van der Waals surface area contributed by atoms with Gasteiger partial charge in [0.1, 0.15) is 0 Å². The van der Waals surface area contributed by atoms with Gasteiger partial charge in [-0.15, -0.1) is 0 Å². The number of hydrogen-bond acceptors (Lipinski definition) is 3. The van der Waals surface area contributed by atoms with Gasteiger partial charge < -0.3 is 16.0 Å². The molecule has 0 bridgehead atoms. The van der Waals surface area contributed by atoms with E-state index in [9.17, 15) is 4.79 Å². The number of carbonyl (C=O) groups is 1. The van der Waals surface area contributed by atoms with E-state index in [-0.39, 0.29) is 5.91 Å². The molecule has 0 aromatic rings. The summed E-state index contributed by atoms with van der Waals surface area (Å²) in [6.07, 6.45) is 9.87. The number of hydrogen-bond donors (Lipinski definition) is 2. The molecule has 1 atom stereocenters. The summed E-state index contributed by atoms with van der Waals surface area (Å²) in [6, 6.07) is 0.778. The molecule has 112 valence electrons. The average Bonchev–Trinajstić information content (AvgIpc) is 2.43. The number of amides is 1. The lowest BCUT2D eigenvalue weighted by atomic mass is 9.93. The predicted octanol–water partition coefficient (Wildman–Crippen LogP) is 1.88. The van der Waals surface area contributed by atoms with E-state index >= 15 is 0 Å². The topological polar surface area (TPSA) is 58.4 Å². The molecular weight excluding hydrogens is 238 g/mol. The normalized spacial score (nSPS) is 20.4. The molecule has 4 nitrogen and oxygen atoms in total. The molecule has 0 aromatic carbocycles. The highest BCUT2D eigenvalue weighted by atomic mass is 16.1. The third kappa shape index (κ3) is 5.11. The number of carbonyl (C=O) groups excluding carboxylic acids is 1. The van der Waals surface area contributed by atoms with E-state index in [2.05, 4.69) is 17.3 Å². The van der Waals surface area contributed by atoms with Crippen molar-refractivity contribution in [3.63, 3.8) is 0 Å². The minimum atomic E-state index is -0.552. The van der Waals surface area contributed by atoms with Gasteiger partial charge in [0, 0.05) is 6.04 Å². The molecule has 1 fully saturated rings. The van der Waals surface area contributed by atoms with E-state index in [1.54, 1.807) is 7.05 Å². The van der Waals surface area contributed by atoms with Crippen LogP contribution in [-0.2, 0) is 4.79 Å². The lowest BCUT2D eigenvalue weighted by Crippen LogP contribution is -2.51. The predicted molar refractivity (Wildman–Crippen MR) is 80.0 cm³/mol. The van der Waals surface area contributed by atoms with Gasteiger partial charge in [0.05, 0.1) is 5.54 Å². The van der Waals surface area contributed by atoms with Crippen molar-refractivity contribution < 1.29 is 4.79 Å². The van der Waals surface area contributed by atoms with Gasteiger partial charge in [0.15, 0.2) is 0 Å². The van der Waals surface area contributed by atoms with Gasteiger partial charge in [-0.05, 0) is 59.7 Å². The Morgan fingerprint density at radius 2 is 1.95 bits per heavy atom. The smallest absolute Gasteiger partial charge is 0.237 e. The summed E-state index contributed by atoms with van der Waals surface area (Å²) in [5, 5.41) is 3.04. The quantitative estimate of drug-likeness (QED) is 0.662. The first-order valence-corrected chi connectivity index (χ1v) is 7.68. The van der Waals surface area contributed by atoms with E-state index in [0.29, 0.717) is 0 Å². The second kappa shape index (κ2) is 7.85. The highest BCUT2D eigenvalue weighted by Crippen LogP contribution is 2.22. The first-order valence-electron chi connectivity index (χ1n) is 7.68. The highest BCUT2D eigenvalue weighted by Gasteiger charge is 2.28. The molecule has 19 heavy (non-hydrogen) atoms. The molecule has 0 aromatic heterocycles. The molecule has 0 spiro atoms. The van der Waals surface area contributed by atoms with Crippen LogP contribution in [-0.4, -0.2) is 43.0 Å². The van der Waals surface area contributed by atoms with E-state index in [4.69, 9.17) is 5.73 Å². The Kier molecular flexibility index (Phi) is 6.80. The van der Waals surface area contributed by atoms with E-state index < -0.39 is 5.54 Å². The summed E-state index contributed by atoms with van der Waals surface area (Å²) in [5.41, 5.74) is 4.88. The molecule has 3 N–H and O–H groups in total. The number of nitrogens with two attached hydrogens (primary N) is 1. The fourth-order valence-electron chi connectivity index (χ4n) is 2.92. The summed E-state index contributed by atoms with van der Waals surface area (Å²) in [6.45, 7) is 3.02. The van der Waals surface area contributed by atoms with Crippen molar-refractivity contribution in [2.45, 2.75) is 69.9 Å². The molecule has 1 unspecified atom stereocenters. The fraction of sp³-hybridized carbons (Fsp3) is 0.933. The third-order valence-corrected chi connectivity index (χ3v) is 4.73. The second-order valence-electron chi connectivity index (χ2n) is 6.18. The Morgan fingerprint density at radius 1 is 1.32 bits per heavy atom. The number of unbranched alkanes of at least 4 members (excludes halogenated alkanes) is 1. The van der Waals surface area contributed by atoms with Gasteiger partial charge >= 0.3 is 0 Å². The maximum atomic E-state index is 11.4. The monoisotopic (exact) mass is 269 g/mol. The molecule has 1 aliphatic rings. The molecule has 4 heteroatoms. The van der Waals surface area contributed by atoms with Crippen LogP contribution in [0, 0.1) is 0 Å². The van der Waals surface area contributed by atoms with Gasteiger partial charge in [0.2, 0.25) is 5.91 Å². The van der Waals surface area contributed by atoms with Gasteiger partial charge in [0.25, 0.3) is 0 Å². The minimum absolute atomic E-state index is 0.254. The van der Waals surface area contributed by atoms with E-state index in [1.165, 1.54) is 32.1 Å². The van der Waals surface area contributed by atoms with Crippen molar-refractivity contribution in [1.82, 2.24) is 10.2 Å². The van der Waals surface area contributed by atoms with Gasteiger partial charge in [-0.3, -0.25) is 4.79 Å². The number of primary amides is 1. The molecule has 1 rings (SSSR count). The van der Waals surface area contributed by atoms with Crippen LogP contribution < -0.4 is 11.1 Å². The highest BCUT2D eigenvalue weighted by molar-refractivity contribution is 5.84. The van der Waals surface area contributed by atoms with Crippen molar-refractivity contribution in [1.29, 1.82) is 0 Å². The fourth-order valence-corrected chi connectivity index (χ4v) is 2.92. The Labute approximate surface area is 118 Å². The SMILES string of the molecule is CNC(C)(CCCCN(C)C1CCCCC1)C(N)=O. The second-order valence-corrected chi connectivity index (χ2v) is 6.18. The van der Waals surface area contributed by atoms with Crippen molar-refractivity contribution in [3.05, 3.63) is 0 Å². The van der Waals surface area contributed by atoms with Gasteiger partial charge in [-0.2, -0.15) is 0 Å². The summed E-state index contributed by atoms with van der Waals surface area (Å²) in [4.78, 5) is 13.9. The molecule has 0 heterocycles. The Balaban J connectivity index is 2.20. The summed E-state index contributed by atoms with van der Waals surface area (Å²) < 4.78 is 0. The maximum absolute atomic E-state index is 11.4. The molecule has 1 amide bonds. The lowest BCUT2D eigenvalue weighted by Gasteiger charge is -2.31. The Bertz CT molecular complexity index is 277. The lowest BCUT2D eigenvalue weighted by molar-refractivity contribution is -0.123.